The van der Waals surface area contributed by atoms with Gasteiger partial charge in [0.15, 0.2) is 0 Å². The van der Waals surface area contributed by atoms with Crippen LogP contribution < -0.4 is 5.32 Å². The number of benzene rings is 1. The fraction of sp³-hybridized carbons (Fsp3) is 0.500. The molecule has 0 saturated carbocycles. The van der Waals surface area contributed by atoms with Crippen LogP contribution in [0, 0.1) is 20.8 Å². The lowest BCUT2D eigenvalue weighted by Gasteiger charge is -2.15. The monoisotopic (exact) mass is 244 g/mol. The van der Waals surface area contributed by atoms with Gasteiger partial charge in [-0.25, -0.2) is 0 Å². The first kappa shape index (κ1) is 13.2. The average molecular weight is 244 g/mol. The zero-order valence-electron chi connectivity index (χ0n) is 12.1. The van der Waals surface area contributed by atoms with Crippen molar-refractivity contribution in [2.24, 2.45) is 0 Å². The van der Waals surface area contributed by atoms with Crippen LogP contribution >= 0.6 is 0 Å². The summed E-state index contributed by atoms with van der Waals surface area (Å²) in [5.74, 6) is 0. The summed E-state index contributed by atoms with van der Waals surface area (Å²) >= 11 is 0. The molecule has 1 heterocycles. The molecule has 0 radical (unpaired) electrons. The predicted octanol–water partition coefficient (Wildman–Crippen LogP) is 4.15. The van der Waals surface area contributed by atoms with Crippen LogP contribution in [0.25, 0.3) is 10.9 Å². The molecule has 1 aromatic heterocycles. The van der Waals surface area contributed by atoms with E-state index >= 15 is 0 Å². The Morgan fingerprint density at radius 2 is 1.94 bits per heavy atom. The third-order valence-electron chi connectivity index (χ3n) is 3.61. The van der Waals surface area contributed by atoms with E-state index in [1.165, 1.54) is 39.7 Å². The summed E-state index contributed by atoms with van der Waals surface area (Å²) in [6.07, 6.45) is 1.17. The number of aromatic amines is 1. The molecule has 0 aliphatic heterocycles. The Kier molecular flexibility index (Phi) is 3.76. The second-order valence-corrected chi connectivity index (χ2v) is 5.34. The summed E-state index contributed by atoms with van der Waals surface area (Å²) in [6.45, 7) is 12.1. The molecule has 0 bridgehead atoms. The van der Waals surface area contributed by atoms with Crippen molar-refractivity contribution >= 4 is 10.9 Å². The number of H-pyrrole nitrogens is 1. The minimum Gasteiger partial charge on any atom is -0.358 e. The van der Waals surface area contributed by atoms with Gasteiger partial charge in [-0.3, -0.25) is 0 Å². The lowest BCUT2D eigenvalue weighted by atomic mass is 9.99. The molecule has 98 valence electrons. The van der Waals surface area contributed by atoms with Gasteiger partial charge in [0.25, 0.3) is 0 Å². The fourth-order valence-corrected chi connectivity index (χ4v) is 2.88. The SMILES string of the molecule is CCCNC(C)c1c(C)[nH]c2cc(C)cc(C)c12. The van der Waals surface area contributed by atoms with Crippen molar-refractivity contribution in [3.63, 3.8) is 0 Å². The fourth-order valence-electron chi connectivity index (χ4n) is 2.88. The van der Waals surface area contributed by atoms with Crippen molar-refractivity contribution in [1.29, 1.82) is 0 Å². The molecule has 1 atom stereocenters. The Morgan fingerprint density at radius 3 is 2.61 bits per heavy atom. The van der Waals surface area contributed by atoms with Gasteiger partial charge >= 0.3 is 0 Å². The molecular weight excluding hydrogens is 220 g/mol. The number of aromatic nitrogens is 1. The van der Waals surface area contributed by atoms with Crippen molar-refractivity contribution in [1.82, 2.24) is 10.3 Å². The van der Waals surface area contributed by atoms with E-state index in [1.807, 2.05) is 0 Å². The number of fused-ring (bicyclic) bond motifs is 1. The molecule has 2 N–H and O–H groups in total. The van der Waals surface area contributed by atoms with Crippen LogP contribution in [0.2, 0.25) is 0 Å². The minimum atomic E-state index is 0.403. The van der Waals surface area contributed by atoms with Crippen LogP contribution in [-0.4, -0.2) is 11.5 Å². The van der Waals surface area contributed by atoms with Crippen molar-refractivity contribution in [3.8, 4) is 0 Å². The molecule has 18 heavy (non-hydrogen) atoms. The average Bonchev–Trinajstić information content (AvgIpc) is 2.62. The largest absolute Gasteiger partial charge is 0.358 e. The second-order valence-electron chi connectivity index (χ2n) is 5.34. The van der Waals surface area contributed by atoms with E-state index in [0.29, 0.717) is 6.04 Å². The maximum Gasteiger partial charge on any atom is 0.0464 e. The maximum atomic E-state index is 3.59. The Hall–Kier alpha value is -1.28. The molecule has 0 saturated heterocycles. The van der Waals surface area contributed by atoms with Crippen molar-refractivity contribution < 1.29 is 0 Å². The Balaban J connectivity index is 2.53. The Bertz CT molecular complexity index is 552. The van der Waals surface area contributed by atoms with Crippen LogP contribution in [0.1, 0.15) is 48.7 Å². The van der Waals surface area contributed by atoms with Crippen LogP contribution in [0.15, 0.2) is 12.1 Å². The van der Waals surface area contributed by atoms with E-state index in [0.717, 1.165) is 6.54 Å². The molecular formula is C16H24N2. The highest BCUT2D eigenvalue weighted by Gasteiger charge is 2.16. The highest BCUT2D eigenvalue weighted by molar-refractivity contribution is 5.88. The van der Waals surface area contributed by atoms with Crippen LogP contribution in [0.3, 0.4) is 0 Å². The van der Waals surface area contributed by atoms with Gasteiger partial charge in [0.1, 0.15) is 0 Å². The summed E-state index contributed by atoms with van der Waals surface area (Å²) in [5.41, 5.74) is 6.67. The summed E-state index contributed by atoms with van der Waals surface area (Å²) in [5, 5.41) is 4.99. The molecule has 0 aliphatic rings. The zero-order chi connectivity index (χ0) is 13.3. The van der Waals surface area contributed by atoms with Crippen molar-refractivity contribution in [3.05, 3.63) is 34.5 Å². The smallest absolute Gasteiger partial charge is 0.0464 e. The Labute approximate surface area is 110 Å². The van der Waals surface area contributed by atoms with E-state index in [9.17, 15) is 0 Å². The van der Waals surface area contributed by atoms with Gasteiger partial charge in [-0.2, -0.15) is 0 Å². The Morgan fingerprint density at radius 1 is 1.22 bits per heavy atom. The minimum absolute atomic E-state index is 0.403. The first-order valence-electron chi connectivity index (χ1n) is 6.87. The number of rotatable bonds is 4. The number of hydrogen-bond acceptors (Lipinski definition) is 1. The lowest BCUT2D eigenvalue weighted by molar-refractivity contribution is 0.571. The van der Waals surface area contributed by atoms with Gasteiger partial charge in [0, 0.05) is 22.6 Å². The van der Waals surface area contributed by atoms with Gasteiger partial charge in [-0.05, 0) is 63.4 Å². The third-order valence-corrected chi connectivity index (χ3v) is 3.61. The standard InChI is InChI=1S/C16H24N2/c1-6-7-17-12(4)16-13(5)18-14-9-10(2)8-11(3)15(14)16/h8-9,12,17-18H,6-7H2,1-5H3. The molecule has 0 aliphatic carbocycles. The predicted molar refractivity (Wildman–Crippen MR) is 79.2 cm³/mol. The molecule has 1 aromatic carbocycles. The zero-order valence-corrected chi connectivity index (χ0v) is 12.1. The highest BCUT2D eigenvalue weighted by Crippen LogP contribution is 2.31. The summed E-state index contributed by atoms with van der Waals surface area (Å²) in [6, 6.07) is 4.91. The lowest BCUT2D eigenvalue weighted by Crippen LogP contribution is -2.19. The van der Waals surface area contributed by atoms with Crippen LogP contribution in [0.4, 0.5) is 0 Å². The van der Waals surface area contributed by atoms with E-state index in [-0.39, 0.29) is 0 Å². The van der Waals surface area contributed by atoms with Gasteiger partial charge in [-0.1, -0.05) is 13.0 Å². The van der Waals surface area contributed by atoms with Gasteiger partial charge < -0.3 is 10.3 Å². The van der Waals surface area contributed by atoms with Crippen LogP contribution in [0.5, 0.6) is 0 Å². The maximum absolute atomic E-state index is 3.59. The van der Waals surface area contributed by atoms with Crippen molar-refractivity contribution in [2.75, 3.05) is 6.54 Å². The first-order valence-corrected chi connectivity index (χ1v) is 6.87. The van der Waals surface area contributed by atoms with E-state index in [1.54, 1.807) is 0 Å². The van der Waals surface area contributed by atoms with E-state index in [2.05, 4.69) is 57.1 Å². The summed E-state index contributed by atoms with van der Waals surface area (Å²) in [7, 11) is 0. The quantitative estimate of drug-likeness (QED) is 0.830. The van der Waals surface area contributed by atoms with E-state index in [4.69, 9.17) is 0 Å². The molecule has 2 heteroatoms. The molecule has 0 spiro atoms. The third kappa shape index (κ3) is 2.30. The number of hydrogen-bond donors (Lipinski definition) is 2. The van der Waals surface area contributed by atoms with Gasteiger partial charge in [0.2, 0.25) is 0 Å². The van der Waals surface area contributed by atoms with Gasteiger partial charge in [0.05, 0.1) is 0 Å². The van der Waals surface area contributed by atoms with E-state index < -0.39 is 0 Å². The normalized spacial score (nSPS) is 13.2. The highest BCUT2D eigenvalue weighted by atomic mass is 14.9. The molecule has 2 aromatic rings. The number of aryl methyl sites for hydroxylation is 3. The topological polar surface area (TPSA) is 27.8 Å². The van der Waals surface area contributed by atoms with Crippen LogP contribution in [-0.2, 0) is 0 Å². The second kappa shape index (κ2) is 5.15. The summed E-state index contributed by atoms with van der Waals surface area (Å²) < 4.78 is 0. The van der Waals surface area contributed by atoms with Gasteiger partial charge in [-0.15, -0.1) is 0 Å². The molecule has 1 unspecified atom stereocenters. The molecule has 2 nitrogen and oxygen atoms in total. The summed E-state index contributed by atoms with van der Waals surface area (Å²) in [4.78, 5) is 3.53. The van der Waals surface area contributed by atoms with Crippen molar-refractivity contribution in [2.45, 2.75) is 47.1 Å². The molecule has 2 rings (SSSR count). The number of nitrogens with one attached hydrogen (secondary N) is 2. The molecule has 0 fully saturated rings. The first-order chi connectivity index (χ1) is 8.54. The molecule has 0 amide bonds.